The van der Waals surface area contributed by atoms with E-state index in [9.17, 15) is 9.59 Å². The summed E-state index contributed by atoms with van der Waals surface area (Å²) in [6, 6.07) is 11.9. The number of benzene rings is 1. The molecule has 0 atom stereocenters. The van der Waals surface area contributed by atoms with Crippen molar-refractivity contribution in [1.29, 1.82) is 0 Å². The van der Waals surface area contributed by atoms with Gasteiger partial charge in [0, 0.05) is 12.6 Å². The van der Waals surface area contributed by atoms with Crippen LogP contribution < -0.4 is 16.2 Å². The van der Waals surface area contributed by atoms with Gasteiger partial charge in [0.25, 0.3) is 11.5 Å². The lowest BCUT2D eigenvalue weighted by atomic mass is 9.81. The molecule has 134 valence electrons. The number of carbonyl (C=O) groups excluding carboxylic acids is 1. The van der Waals surface area contributed by atoms with Crippen LogP contribution in [0.4, 0.5) is 0 Å². The summed E-state index contributed by atoms with van der Waals surface area (Å²) >= 11 is 0. The van der Waals surface area contributed by atoms with E-state index in [1.165, 1.54) is 16.8 Å². The molecular formula is C18H23ClN4O2. The summed E-state index contributed by atoms with van der Waals surface area (Å²) in [6.45, 7) is 4.75. The Morgan fingerprint density at radius 2 is 1.88 bits per heavy atom. The standard InChI is InChI=1S/C18H22N4O2.ClH/c1-18(9-11-19-12-10-18)13-20-17(24)15-7-8-16(23)22(21-15)14-5-3-2-4-6-14;/h2-8,19H,9-13H2,1H3,(H,20,24);1H. The van der Waals surface area contributed by atoms with Crippen LogP contribution >= 0.6 is 12.4 Å². The molecule has 3 rings (SSSR count). The van der Waals surface area contributed by atoms with Crippen molar-refractivity contribution in [2.75, 3.05) is 19.6 Å². The Morgan fingerprint density at radius 3 is 2.56 bits per heavy atom. The number of halogens is 1. The van der Waals surface area contributed by atoms with Crippen molar-refractivity contribution in [3.8, 4) is 5.69 Å². The van der Waals surface area contributed by atoms with Gasteiger partial charge in [-0.05, 0) is 49.5 Å². The summed E-state index contributed by atoms with van der Waals surface area (Å²) in [7, 11) is 0. The van der Waals surface area contributed by atoms with Crippen LogP contribution in [0.5, 0.6) is 0 Å². The second kappa shape index (κ2) is 8.27. The molecule has 6 nitrogen and oxygen atoms in total. The van der Waals surface area contributed by atoms with E-state index in [0.717, 1.165) is 25.9 Å². The van der Waals surface area contributed by atoms with Gasteiger partial charge in [-0.2, -0.15) is 9.78 Å². The van der Waals surface area contributed by atoms with E-state index >= 15 is 0 Å². The largest absolute Gasteiger partial charge is 0.350 e. The number of carbonyl (C=O) groups is 1. The zero-order chi connectivity index (χ0) is 17.0. The number of piperidine rings is 1. The SMILES string of the molecule is CC1(CNC(=O)c2ccc(=O)n(-c3ccccc3)n2)CCNCC1.Cl. The number of aromatic nitrogens is 2. The first-order valence-electron chi connectivity index (χ1n) is 8.22. The quantitative estimate of drug-likeness (QED) is 0.869. The topological polar surface area (TPSA) is 76.0 Å². The van der Waals surface area contributed by atoms with Gasteiger partial charge in [-0.25, -0.2) is 0 Å². The molecule has 1 fully saturated rings. The summed E-state index contributed by atoms with van der Waals surface area (Å²) < 4.78 is 1.25. The van der Waals surface area contributed by atoms with E-state index in [2.05, 4.69) is 22.7 Å². The molecular weight excluding hydrogens is 340 g/mol. The van der Waals surface area contributed by atoms with Gasteiger partial charge in [0.15, 0.2) is 0 Å². The first-order valence-corrected chi connectivity index (χ1v) is 8.22. The summed E-state index contributed by atoms with van der Waals surface area (Å²) in [5.74, 6) is -0.251. The molecule has 0 spiro atoms. The molecule has 0 saturated carbocycles. The molecule has 1 aromatic heterocycles. The molecule has 0 unspecified atom stereocenters. The van der Waals surface area contributed by atoms with E-state index in [1.807, 2.05) is 18.2 Å². The van der Waals surface area contributed by atoms with Crippen LogP contribution in [0.2, 0.25) is 0 Å². The maximum absolute atomic E-state index is 12.4. The Hall–Kier alpha value is -2.18. The second-order valence-corrected chi connectivity index (χ2v) is 6.55. The van der Waals surface area contributed by atoms with Crippen molar-refractivity contribution in [2.45, 2.75) is 19.8 Å². The highest BCUT2D eigenvalue weighted by Crippen LogP contribution is 2.26. The van der Waals surface area contributed by atoms with Crippen molar-refractivity contribution >= 4 is 18.3 Å². The van der Waals surface area contributed by atoms with Crippen molar-refractivity contribution < 1.29 is 4.79 Å². The Bertz CT molecular complexity index is 770. The molecule has 1 amide bonds. The summed E-state index contributed by atoms with van der Waals surface area (Å²) in [5, 5.41) is 10.5. The van der Waals surface area contributed by atoms with Gasteiger partial charge < -0.3 is 10.6 Å². The van der Waals surface area contributed by atoms with Gasteiger partial charge in [0.1, 0.15) is 5.69 Å². The molecule has 25 heavy (non-hydrogen) atoms. The number of para-hydroxylation sites is 1. The van der Waals surface area contributed by atoms with Crippen LogP contribution in [-0.4, -0.2) is 35.3 Å². The first-order chi connectivity index (χ1) is 11.6. The number of nitrogens with zero attached hydrogens (tertiary/aromatic N) is 2. The third-order valence-electron chi connectivity index (χ3n) is 4.52. The predicted octanol–water partition coefficient (Wildman–Crippen LogP) is 1.77. The number of hydrogen-bond acceptors (Lipinski definition) is 4. The summed E-state index contributed by atoms with van der Waals surface area (Å²) in [4.78, 5) is 24.4. The molecule has 2 aromatic rings. The average Bonchev–Trinajstić information content (AvgIpc) is 2.61. The van der Waals surface area contributed by atoms with Crippen LogP contribution in [0.15, 0.2) is 47.3 Å². The molecule has 1 aliphatic rings. The minimum absolute atomic E-state index is 0. The van der Waals surface area contributed by atoms with Crippen LogP contribution in [0.25, 0.3) is 5.69 Å². The van der Waals surface area contributed by atoms with Crippen LogP contribution in [0.3, 0.4) is 0 Å². The van der Waals surface area contributed by atoms with Crippen molar-refractivity contribution in [2.24, 2.45) is 5.41 Å². The first kappa shape index (κ1) is 19.1. The Kier molecular flexibility index (Phi) is 6.33. The Morgan fingerprint density at radius 1 is 1.20 bits per heavy atom. The zero-order valence-electron chi connectivity index (χ0n) is 14.2. The van der Waals surface area contributed by atoms with E-state index in [0.29, 0.717) is 12.2 Å². The molecule has 2 heterocycles. The molecule has 0 radical (unpaired) electrons. The Balaban J connectivity index is 0.00000225. The van der Waals surface area contributed by atoms with Gasteiger partial charge in [-0.15, -0.1) is 12.4 Å². The van der Waals surface area contributed by atoms with E-state index in [-0.39, 0.29) is 35.0 Å². The van der Waals surface area contributed by atoms with Gasteiger partial charge in [-0.1, -0.05) is 25.1 Å². The minimum atomic E-state index is -0.261. The fourth-order valence-corrected chi connectivity index (χ4v) is 2.88. The molecule has 1 saturated heterocycles. The highest BCUT2D eigenvalue weighted by Gasteiger charge is 2.27. The number of nitrogens with one attached hydrogen (secondary N) is 2. The zero-order valence-corrected chi connectivity index (χ0v) is 15.0. The fraction of sp³-hybridized carbons (Fsp3) is 0.389. The third kappa shape index (κ3) is 4.67. The third-order valence-corrected chi connectivity index (χ3v) is 4.52. The molecule has 0 bridgehead atoms. The second-order valence-electron chi connectivity index (χ2n) is 6.55. The normalized spacial score (nSPS) is 15.9. The number of rotatable bonds is 4. The molecule has 1 aliphatic heterocycles. The summed E-state index contributed by atoms with van der Waals surface area (Å²) in [5.41, 5.74) is 0.732. The summed E-state index contributed by atoms with van der Waals surface area (Å²) in [6.07, 6.45) is 2.06. The lowest BCUT2D eigenvalue weighted by Gasteiger charge is -2.34. The monoisotopic (exact) mass is 362 g/mol. The lowest BCUT2D eigenvalue weighted by Crippen LogP contribution is -2.43. The van der Waals surface area contributed by atoms with Gasteiger partial charge in [0.2, 0.25) is 0 Å². The van der Waals surface area contributed by atoms with Crippen molar-refractivity contribution in [3.63, 3.8) is 0 Å². The van der Waals surface area contributed by atoms with Crippen molar-refractivity contribution in [1.82, 2.24) is 20.4 Å². The van der Waals surface area contributed by atoms with Crippen LogP contribution in [0, 0.1) is 5.41 Å². The van der Waals surface area contributed by atoms with Crippen LogP contribution in [0.1, 0.15) is 30.3 Å². The number of amides is 1. The maximum Gasteiger partial charge on any atom is 0.271 e. The van der Waals surface area contributed by atoms with Crippen molar-refractivity contribution in [3.05, 3.63) is 58.5 Å². The van der Waals surface area contributed by atoms with E-state index in [1.54, 1.807) is 12.1 Å². The highest BCUT2D eigenvalue weighted by molar-refractivity contribution is 5.92. The van der Waals surface area contributed by atoms with E-state index < -0.39 is 0 Å². The van der Waals surface area contributed by atoms with Gasteiger partial charge in [-0.3, -0.25) is 9.59 Å². The predicted molar refractivity (Wildman–Crippen MR) is 99.6 cm³/mol. The molecule has 2 N–H and O–H groups in total. The van der Waals surface area contributed by atoms with Gasteiger partial charge >= 0.3 is 0 Å². The molecule has 7 heteroatoms. The molecule has 1 aromatic carbocycles. The van der Waals surface area contributed by atoms with Crippen LogP contribution in [-0.2, 0) is 0 Å². The number of hydrogen-bond donors (Lipinski definition) is 2. The van der Waals surface area contributed by atoms with Gasteiger partial charge in [0.05, 0.1) is 5.69 Å². The van der Waals surface area contributed by atoms with E-state index in [4.69, 9.17) is 0 Å². The fourth-order valence-electron chi connectivity index (χ4n) is 2.88. The lowest BCUT2D eigenvalue weighted by molar-refractivity contribution is 0.0915. The Labute approximate surface area is 153 Å². The smallest absolute Gasteiger partial charge is 0.271 e. The average molecular weight is 363 g/mol. The minimum Gasteiger partial charge on any atom is -0.350 e. The maximum atomic E-state index is 12.4. The molecule has 0 aliphatic carbocycles. The highest BCUT2D eigenvalue weighted by atomic mass is 35.5.